The van der Waals surface area contributed by atoms with Gasteiger partial charge in [-0.05, 0) is 13.8 Å². The Balaban J connectivity index is 3.71. The van der Waals surface area contributed by atoms with Gasteiger partial charge in [0, 0.05) is 0 Å². The number of rotatable bonds is 6. The molecule has 0 saturated heterocycles. The minimum atomic E-state index is -0.848. The van der Waals surface area contributed by atoms with Crippen LogP contribution in [-0.4, -0.2) is 36.7 Å². The van der Waals surface area contributed by atoms with Gasteiger partial charge in [0.15, 0.2) is 11.6 Å². The van der Waals surface area contributed by atoms with E-state index in [0.717, 1.165) is 0 Å². The van der Waals surface area contributed by atoms with Gasteiger partial charge in [-0.15, -0.1) is 0 Å². The summed E-state index contributed by atoms with van der Waals surface area (Å²) in [5, 5.41) is 0. The van der Waals surface area contributed by atoms with Crippen LogP contribution in [-0.2, 0) is 28.7 Å². The summed E-state index contributed by atoms with van der Waals surface area (Å²) in [6.45, 7) is 1.78. The molecule has 6 heteroatoms. The maximum Gasteiger partial charge on any atom is 0.317 e. The van der Waals surface area contributed by atoms with Crippen molar-refractivity contribution in [3.63, 3.8) is 0 Å². The van der Waals surface area contributed by atoms with Gasteiger partial charge in [0.05, 0.1) is 0 Å². The topological polar surface area (TPSA) is 86.7 Å². The first kappa shape index (κ1) is 13.3. The fraction of sp³-hybridized carbons (Fsp3) is 0.556. The van der Waals surface area contributed by atoms with Crippen molar-refractivity contribution in [3.8, 4) is 0 Å². The Morgan fingerprint density at radius 1 is 0.800 bits per heavy atom. The second-order valence-electron chi connectivity index (χ2n) is 2.90. The van der Waals surface area contributed by atoms with Crippen LogP contribution in [0.4, 0.5) is 0 Å². The normalized spacial score (nSPS) is 9.20. The van der Waals surface area contributed by atoms with E-state index in [0.29, 0.717) is 0 Å². The molecule has 0 aliphatic carbocycles. The van der Waals surface area contributed by atoms with E-state index in [9.17, 15) is 19.2 Å². The lowest BCUT2D eigenvalue weighted by Crippen LogP contribution is -2.18. The van der Waals surface area contributed by atoms with Crippen LogP contribution in [0.25, 0.3) is 0 Å². The molecule has 0 amide bonds. The SMILES string of the molecule is CC(=O)COC(=O)CC(=O)OCC(C)=O. The van der Waals surface area contributed by atoms with E-state index in [1.165, 1.54) is 13.8 Å². The Bertz CT molecular complexity index is 252. The summed E-state index contributed by atoms with van der Waals surface area (Å²) in [6.07, 6.45) is -0.597. The van der Waals surface area contributed by atoms with Crippen LogP contribution in [0.15, 0.2) is 0 Å². The number of hydrogen-bond donors (Lipinski definition) is 0. The Kier molecular flexibility index (Phi) is 5.92. The summed E-state index contributed by atoms with van der Waals surface area (Å²) >= 11 is 0. The second kappa shape index (κ2) is 6.69. The Hall–Kier alpha value is -1.72. The molecule has 0 fully saturated rings. The molecule has 0 bridgehead atoms. The predicted molar refractivity (Wildman–Crippen MR) is 47.9 cm³/mol. The van der Waals surface area contributed by atoms with Gasteiger partial charge in [-0.1, -0.05) is 0 Å². The monoisotopic (exact) mass is 216 g/mol. The highest BCUT2D eigenvalue weighted by atomic mass is 16.6. The lowest BCUT2D eigenvalue weighted by Gasteiger charge is -2.02. The Labute approximate surface area is 86.5 Å². The standard InChI is InChI=1S/C9H12O6/c1-6(10)4-14-8(12)3-9(13)15-5-7(2)11/h3-5H2,1-2H3. The first-order valence-corrected chi connectivity index (χ1v) is 4.22. The molecule has 0 aromatic carbocycles. The number of carbonyl (C=O) groups excluding carboxylic acids is 4. The third-order valence-corrected chi connectivity index (χ3v) is 1.16. The van der Waals surface area contributed by atoms with Gasteiger partial charge in [-0.2, -0.15) is 0 Å². The van der Waals surface area contributed by atoms with Crippen molar-refractivity contribution in [1.82, 2.24) is 0 Å². The molecule has 0 heterocycles. The summed E-state index contributed by atoms with van der Waals surface area (Å²) in [7, 11) is 0. The summed E-state index contributed by atoms with van der Waals surface area (Å²) in [6, 6.07) is 0. The number of Topliss-reactive ketones (excluding diaryl/α,β-unsaturated/α-hetero) is 2. The minimum absolute atomic E-state index is 0.319. The van der Waals surface area contributed by atoms with E-state index in [4.69, 9.17) is 0 Å². The first-order valence-electron chi connectivity index (χ1n) is 4.22. The number of hydrogen-bond acceptors (Lipinski definition) is 6. The van der Waals surface area contributed by atoms with Crippen LogP contribution < -0.4 is 0 Å². The number of ether oxygens (including phenoxy) is 2. The zero-order valence-corrected chi connectivity index (χ0v) is 8.57. The van der Waals surface area contributed by atoms with Crippen molar-refractivity contribution >= 4 is 23.5 Å². The van der Waals surface area contributed by atoms with Gasteiger partial charge in [0.2, 0.25) is 0 Å². The van der Waals surface area contributed by atoms with Crippen molar-refractivity contribution in [2.75, 3.05) is 13.2 Å². The number of carbonyl (C=O) groups is 4. The molecular weight excluding hydrogens is 204 g/mol. The maximum absolute atomic E-state index is 10.8. The van der Waals surface area contributed by atoms with Crippen molar-refractivity contribution in [3.05, 3.63) is 0 Å². The van der Waals surface area contributed by atoms with Gasteiger partial charge < -0.3 is 9.47 Å². The van der Waals surface area contributed by atoms with E-state index in [1.807, 2.05) is 0 Å². The quantitative estimate of drug-likeness (QED) is 0.445. The molecule has 0 N–H and O–H groups in total. The average Bonchev–Trinajstić information content (AvgIpc) is 2.11. The molecule has 0 rings (SSSR count). The lowest BCUT2D eigenvalue weighted by atomic mass is 10.4. The lowest BCUT2D eigenvalue weighted by molar-refractivity contribution is -0.157. The summed E-state index contributed by atoms with van der Waals surface area (Å²) in [5.74, 6) is -2.33. The second-order valence-corrected chi connectivity index (χ2v) is 2.90. The summed E-state index contributed by atoms with van der Waals surface area (Å²) in [4.78, 5) is 42.5. The first-order chi connectivity index (χ1) is 6.91. The van der Waals surface area contributed by atoms with E-state index in [-0.39, 0.29) is 24.8 Å². The van der Waals surface area contributed by atoms with Crippen molar-refractivity contribution in [2.24, 2.45) is 0 Å². The molecule has 0 aliphatic heterocycles. The maximum atomic E-state index is 10.8. The molecule has 0 radical (unpaired) electrons. The molecule has 0 spiro atoms. The third-order valence-electron chi connectivity index (χ3n) is 1.16. The average molecular weight is 216 g/mol. The minimum Gasteiger partial charge on any atom is -0.457 e. The third kappa shape index (κ3) is 8.61. The summed E-state index contributed by atoms with van der Waals surface area (Å²) < 4.78 is 8.81. The molecule has 0 atom stereocenters. The van der Waals surface area contributed by atoms with Gasteiger partial charge >= 0.3 is 11.9 Å². The molecule has 84 valence electrons. The van der Waals surface area contributed by atoms with E-state index in [2.05, 4.69) is 9.47 Å². The van der Waals surface area contributed by atoms with Crippen LogP contribution in [0.5, 0.6) is 0 Å². The molecule has 6 nitrogen and oxygen atoms in total. The Morgan fingerprint density at radius 3 is 1.40 bits per heavy atom. The van der Waals surface area contributed by atoms with Gasteiger partial charge in [-0.25, -0.2) is 0 Å². The van der Waals surface area contributed by atoms with Gasteiger partial charge in [0.1, 0.15) is 19.6 Å². The highest BCUT2D eigenvalue weighted by Crippen LogP contribution is 1.91. The highest BCUT2D eigenvalue weighted by molar-refractivity contribution is 5.93. The van der Waals surface area contributed by atoms with E-state index in [1.54, 1.807) is 0 Å². The van der Waals surface area contributed by atoms with E-state index >= 15 is 0 Å². The van der Waals surface area contributed by atoms with Crippen LogP contribution >= 0.6 is 0 Å². The molecule has 0 aliphatic rings. The summed E-state index contributed by atoms with van der Waals surface area (Å²) in [5.41, 5.74) is 0. The van der Waals surface area contributed by atoms with Crippen molar-refractivity contribution in [1.29, 1.82) is 0 Å². The predicted octanol–water partition coefficient (Wildman–Crippen LogP) is -0.359. The number of ketones is 2. The zero-order valence-electron chi connectivity index (χ0n) is 8.57. The molecule has 0 aromatic rings. The van der Waals surface area contributed by atoms with Crippen molar-refractivity contribution in [2.45, 2.75) is 20.3 Å². The van der Waals surface area contributed by atoms with Gasteiger partial charge in [-0.3, -0.25) is 19.2 Å². The molecule has 0 unspecified atom stereocenters. The van der Waals surface area contributed by atoms with Crippen molar-refractivity contribution < 1.29 is 28.7 Å². The highest BCUT2D eigenvalue weighted by Gasteiger charge is 2.13. The number of esters is 2. The van der Waals surface area contributed by atoms with Crippen LogP contribution in [0, 0.1) is 0 Å². The zero-order chi connectivity index (χ0) is 11.8. The van der Waals surface area contributed by atoms with Crippen LogP contribution in [0.2, 0.25) is 0 Å². The fourth-order valence-electron chi connectivity index (χ4n) is 0.584. The van der Waals surface area contributed by atoms with E-state index < -0.39 is 18.4 Å². The molecule has 15 heavy (non-hydrogen) atoms. The molecule has 0 aromatic heterocycles. The molecule has 0 saturated carbocycles. The Morgan fingerprint density at radius 2 is 1.13 bits per heavy atom. The molecular formula is C9H12O6. The van der Waals surface area contributed by atoms with Crippen LogP contribution in [0.3, 0.4) is 0 Å². The fourth-order valence-corrected chi connectivity index (χ4v) is 0.584. The van der Waals surface area contributed by atoms with Gasteiger partial charge in [0.25, 0.3) is 0 Å². The largest absolute Gasteiger partial charge is 0.457 e. The smallest absolute Gasteiger partial charge is 0.317 e. The van der Waals surface area contributed by atoms with Crippen LogP contribution in [0.1, 0.15) is 20.3 Å².